The fraction of sp³-hybridized carbons (Fsp3) is 0.100. The molecule has 0 aromatic heterocycles. The molecule has 116 valence electrons. The number of rotatable bonds is 5. The Balaban J connectivity index is 2.38. The molecule has 1 atom stereocenters. The quantitative estimate of drug-likeness (QED) is 0.655. The van der Waals surface area contributed by atoms with Crippen molar-refractivity contribution in [3.63, 3.8) is 0 Å². The van der Waals surface area contributed by atoms with Gasteiger partial charge in [-0.1, -0.05) is 91.0 Å². The second kappa shape index (κ2) is 6.90. The molecule has 3 aromatic carbocycles. The van der Waals surface area contributed by atoms with Gasteiger partial charge in [-0.05, 0) is 16.7 Å². The van der Waals surface area contributed by atoms with Gasteiger partial charge >= 0.3 is 0 Å². The summed E-state index contributed by atoms with van der Waals surface area (Å²) < 4.78 is 17.6. The summed E-state index contributed by atoms with van der Waals surface area (Å²) in [5, 5.41) is 0. The molecule has 0 fully saturated rings. The number of hydrogen-bond donors (Lipinski definition) is 0. The molecular formula is C20H18O2S. The first kappa shape index (κ1) is 15.7. The summed E-state index contributed by atoms with van der Waals surface area (Å²) in [7, 11) is 1.49. The zero-order valence-corrected chi connectivity index (χ0v) is 13.7. The molecule has 3 heteroatoms. The van der Waals surface area contributed by atoms with E-state index in [4.69, 9.17) is 4.18 Å². The molecule has 0 aliphatic heterocycles. The largest absolute Gasteiger partial charge is 0.293 e. The summed E-state index contributed by atoms with van der Waals surface area (Å²) >= 11 is -1.58. The molecule has 0 amide bonds. The summed E-state index contributed by atoms with van der Waals surface area (Å²) in [5.74, 6) is 0. The van der Waals surface area contributed by atoms with Gasteiger partial charge < -0.3 is 0 Å². The molecule has 0 aliphatic rings. The molecule has 0 saturated carbocycles. The third-order valence-electron chi connectivity index (χ3n) is 3.94. The summed E-state index contributed by atoms with van der Waals surface area (Å²) in [5.41, 5.74) is 2.83. The Labute approximate surface area is 139 Å². The average molecular weight is 322 g/mol. The van der Waals surface area contributed by atoms with Crippen molar-refractivity contribution in [1.82, 2.24) is 0 Å². The lowest BCUT2D eigenvalue weighted by Gasteiger charge is -2.33. The molecule has 0 bridgehead atoms. The van der Waals surface area contributed by atoms with E-state index in [1.807, 2.05) is 91.0 Å². The molecule has 0 N–H and O–H groups in total. The van der Waals surface area contributed by atoms with Gasteiger partial charge in [-0.15, -0.1) is 0 Å². The lowest BCUT2D eigenvalue weighted by Crippen LogP contribution is -2.35. The van der Waals surface area contributed by atoms with Gasteiger partial charge in [-0.3, -0.25) is 4.18 Å². The van der Waals surface area contributed by atoms with E-state index in [1.54, 1.807) is 0 Å². The van der Waals surface area contributed by atoms with Crippen LogP contribution in [0.15, 0.2) is 91.0 Å². The Morgan fingerprint density at radius 2 is 0.957 bits per heavy atom. The summed E-state index contributed by atoms with van der Waals surface area (Å²) in [6, 6.07) is 29.6. The van der Waals surface area contributed by atoms with Gasteiger partial charge in [0.05, 0.1) is 7.11 Å². The van der Waals surface area contributed by atoms with Crippen molar-refractivity contribution in [1.29, 1.82) is 0 Å². The summed E-state index contributed by atoms with van der Waals surface area (Å²) in [4.78, 5) is 0. The molecule has 0 spiro atoms. The lowest BCUT2D eigenvalue weighted by molar-refractivity contribution is 0.431. The van der Waals surface area contributed by atoms with E-state index in [9.17, 15) is 4.21 Å². The highest BCUT2D eigenvalue weighted by Gasteiger charge is 2.43. The first-order chi connectivity index (χ1) is 11.3. The lowest BCUT2D eigenvalue weighted by atomic mass is 9.84. The zero-order chi connectivity index (χ0) is 16.1. The van der Waals surface area contributed by atoms with E-state index in [1.165, 1.54) is 7.11 Å². The maximum atomic E-state index is 13.1. The average Bonchev–Trinajstić information content (AvgIpc) is 2.65. The van der Waals surface area contributed by atoms with Crippen molar-refractivity contribution >= 4 is 11.1 Å². The minimum Gasteiger partial charge on any atom is -0.293 e. The van der Waals surface area contributed by atoms with Gasteiger partial charge in [0.1, 0.15) is 4.75 Å². The first-order valence-electron chi connectivity index (χ1n) is 7.43. The van der Waals surface area contributed by atoms with Crippen molar-refractivity contribution in [3.05, 3.63) is 108 Å². The van der Waals surface area contributed by atoms with Crippen molar-refractivity contribution in [2.75, 3.05) is 7.11 Å². The molecule has 3 aromatic rings. The van der Waals surface area contributed by atoms with E-state index >= 15 is 0 Å². The Hall–Kier alpha value is -2.23. The van der Waals surface area contributed by atoms with Crippen LogP contribution in [0.3, 0.4) is 0 Å². The number of benzene rings is 3. The molecule has 3 rings (SSSR count). The van der Waals surface area contributed by atoms with E-state index < -0.39 is 15.8 Å². The van der Waals surface area contributed by atoms with Crippen molar-refractivity contribution in [2.45, 2.75) is 4.75 Å². The standard InChI is InChI=1S/C20H18O2S/c1-22-23(21)20(17-11-5-2-6-12-17,18-13-7-3-8-14-18)19-15-9-4-10-16-19/h2-16H,1H3. The monoisotopic (exact) mass is 322 g/mol. The highest BCUT2D eigenvalue weighted by molar-refractivity contribution is 7.81. The molecule has 0 heterocycles. The van der Waals surface area contributed by atoms with Gasteiger partial charge in [0.25, 0.3) is 0 Å². The Bertz CT molecular complexity index is 674. The maximum Gasteiger partial charge on any atom is 0.175 e. The smallest absolute Gasteiger partial charge is 0.175 e. The van der Waals surface area contributed by atoms with Crippen LogP contribution in [0, 0.1) is 0 Å². The van der Waals surface area contributed by atoms with Gasteiger partial charge in [0.2, 0.25) is 0 Å². The molecular weight excluding hydrogens is 304 g/mol. The first-order valence-corrected chi connectivity index (χ1v) is 8.50. The van der Waals surface area contributed by atoms with Crippen LogP contribution in [0.2, 0.25) is 0 Å². The zero-order valence-electron chi connectivity index (χ0n) is 12.9. The van der Waals surface area contributed by atoms with Crippen LogP contribution in [-0.4, -0.2) is 11.3 Å². The molecule has 1 unspecified atom stereocenters. The minimum atomic E-state index is -1.58. The summed E-state index contributed by atoms with van der Waals surface area (Å²) in [6.45, 7) is 0. The van der Waals surface area contributed by atoms with Crippen molar-refractivity contribution < 1.29 is 8.39 Å². The predicted molar refractivity (Wildman–Crippen MR) is 94.4 cm³/mol. The predicted octanol–water partition coefficient (Wildman–Crippen LogP) is 4.29. The van der Waals surface area contributed by atoms with E-state index in [-0.39, 0.29) is 0 Å². The van der Waals surface area contributed by atoms with Crippen LogP contribution in [0.1, 0.15) is 16.7 Å². The normalized spacial score (nSPS) is 12.7. The maximum absolute atomic E-state index is 13.1. The highest BCUT2D eigenvalue weighted by atomic mass is 32.2. The van der Waals surface area contributed by atoms with Crippen molar-refractivity contribution in [3.8, 4) is 0 Å². The Morgan fingerprint density at radius 3 is 1.22 bits per heavy atom. The van der Waals surface area contributed by atoms with Crippen LogP contribution in [0.25, 0.3) is 0 Å². The minimum absolute atomic E-state index is 0.863. The molecule has 0 aliphatic carbocycles. The highest BCUT2D eigenvalue weighted by Crippen LogP contribution is 2.42. The Kier molecular flexibility index (Phi) is 4.70. The summed E-state index contributed by atoms with van der Waals surface area (Å²) in [6.07, 6.45) is 0. The van der Waals surface area contributed by atoms with E-state index in [2.05, 4.69) is 0 Å². The number of hydrogen-bond acceptors (Lipinski definition) is 2. The fourth-order valence-electron chi connectivity index (χ4n) is 2.93. The van der Waals surface area contributed by atoms with Gasteiger partial charge in [0.15, 0.2) is 11.1 Å². The third kappa shape index (κ3) is 2.74. The topological polar surface area (TPSA) is 26.3 Å². The van der Waals surface area contributed by atoms with E-state index in [0.717, 1.165) is 16.7 Å². The van der Waals surface area contributed by atoms with Gasteiger partial charge in [0, 0.05) is 0 Å². The van der Waals surface area contributed by atoms with Gasteiger partial charge in [-0.25, -0.2) is 4.21 Å². The van der Waals surface area contributed by atoms with Crippen molar-refractivity contribution in [2.24, 2.45) is 0 Å². The molecule has 23 heavy (non-hydrogen) atoms. The van der Waals surface area contributed by atoms with Crippen LogP contribution in [0.4, 0.5) is 0 Å². The van der Waals surface area contributed by atoms with Crippen LogP contribution in [-0.2, 0) is 20.0 Å². The second-order valence-electron chi connectivity index (χ2n) is 5.18. The fourth-order valence-corrected chi connectivity index (χ4v) is 4.17. The van der Waals surface area contributed by atoms with Crippen LogP contribution >= 0.6 is 0 Å². The van der Waals surface area contributed by atoms with Gasteiger partial charge in [-0.2, -0.15) is 0 Å². The Morgan fingerprint density at radius 1 is 0.652 bits per heavy atom. The molecule has 0 radical (unpaired) electrons. The van der Waals surface area contributed by atoms with Crippen LogP contribution < -0.4 is 0 Å². The van der Waals surface area contributed by atoms with E-state index in [0.29, 0.717) is 0 Å². The second-order valence-corrected chi connectivity index (χ2v) is 6.60. The molecule has 0 saturated heterocycles. The SMILES string of the molecule is COS(=O)C(c1ccccc1)(c1ccccc1)c1ccccc1. The molecule has 2 nitrogen and oxygen atoms in total. The van der Waals surface area contributed by atoms with Crippen LogP contribution in [0.5, 0.6) is 0 Å². The third-order valence-corrected chi connectivity index (χ3v) is 5.45.